The summed E-state index contributed by atoms with van der Waals surface area (Å²) in [5.41, 5.74) is 1.33. The zero-order valence-corrected chi connectivity index (χ0v) is 7.20. The van der Waals surface area contributed by atoms with E-state index in [1.807, 2.05) is 6.92 Å². The van der Waals surface area contributed by atoms with Crippen molar-refractivity contribution in [2.75, 3.05) is 0 Å². The average Bonchev–Trinajstić information content (AvgIpc) is 2.30. The van der Waals surface area contributed by atoms with Crippen LogP contribution in [0, 0.1) is 0 Å². The molecule has 4 heteroatoms. The van der Waals surface area contributed by atoms with E-state index in [4.69, 9.17) is 11.6 Å². The summed E-state index contributed by atoms with van der Waals surface area (Å²) in [7, 11) is 0. The van der Waals surface area contributed by atoms with Crippen LogP contribution >= 0.6 is 11.6 Å². The number of nitrogens with one attached hydrogen (secondary N) is 1. The van der Waals surface area contributed by atoms with Crippen LogP contribution in [0.25, 0.3) is 0 Å². The molecular formula is C7H9ClN2O. The molecule has 0 saturated heterocycles. The first-order valence-electron chi connectivity index (χ1n) is 3.40. The Balaban J connectivity index is 3.17. The van der Waals surface area contributed by atoms with Gasteiger partial charge < -0.3 is 0 Å². The fourth-order valence-corrected chi connectivity index (χ4v) is 1.26. The van der Waals surface area contributed by atoms with Gasteiger partial charge in [0.2, 0.25) is 0 Å². The van der Waals surface area contributed by atoms with Gasteiger partial charge in [0.25, 0.3) is 0 Å². The summed E-state index contributed by atoms with van der Waals surface area (Å²) in [5, 5.41) is 6.70. The first kappa shape index (κ1) is 8.27. The van der Waals surface area contributed by atoms with Crippen molar-refractivity contribution in [2.24, 2.45) is 0 Å². The highest BCUT2D eigenvalue weighted by Gasteiger charge is 2.13. The molecule has 0 radical (unpaired) electrons. The summed E-state index contributed by atoms with van der Waals surface area (Å²) in [6, 6.07) is 0. The minimum atomic E-state index is -0.0411. The Hall–Kier alpha value is -0.830. The number of H-pyrrole nitrogens is 1. The van der Waals surface area contributed by atoms with E-state index >= 15 is 0 Å². The number of carbonyl (C=O) groups excluding carboxylic acids is 1. The van der Waals surface area contributed by atoms with Crippen LogP contribution in [0.15, 0.2) is 0 Å². The summed E-state index contributed by atoms with van der Waals surface area (Å²) in [5.74, 6) is -0.0411. The Morgan fingerprint density at radius 1 is 1.73 bits per heavy atom. The highest BCUT2D eigenvalue weighted by molar-refractivity contribution is 6.32. The molecule has 0 aliphatic carbocycles. The molecule has 1 aromatic heterocycles. The molecule has 1 aromatic rings. The molecule has 0 spiro atoms. The van der Waals surface area contributed by atoms with Gasteiger partial charge in [-0.3, -0.25) is 9.89 Å². The maximum absolute atomic E-state index is 11.0. The number of rotatable bonds is 2. The molecule has 11 heavy (non-hydrogen) atoms. The third-order valence-electron chi connectivity index (χ3n) is 1.50. The maximum atomic E-state index is 11.0. The van der Waals surface area contributed by atoms with Crippen molar-refractivity contribution in [3.8, 4) is 0 Å². The van der Waals surface area contributed by atoms with Crippen LogP contribution in [0.1, 0.15) is 29.9 Å². The molecule has 0 aromatic carbocycles. The van der Waals surface area contributed by atoms with E-state index in [0.29, 0.717) is 5.56 Å². The van der Waals surface area contributed by atoms with Gasteiger partial charge in [0.05, 0.1) is 5.56 Å². The minimum absolute atomic E-state index is 0.0411. The topological polar surface area (TPSA) is 45.8 Å². The molecule has 60 valence electrons. The van der Waals surface area contributed by atoms with E-state index in [9.17, 15) is 4.79 Å². The smallest absolute Gasteiger partial charge is 0.164 e. The van der Waals surface area contributed by atoms with E-state index in [0.717, 1.165) is 12.1 Å². The standard InChI is InChI=1S/C7H9ClN2O/c1-3-5-6(4(2)11)7(8)10-9-5/h3H2,1-2H3,(H,9,10). The number of halogens is 1. The lowest BCUT2D eigenvalue weighted by Crippen LogP contribution is -1.95. The van der Waals surface area contributed by atoms with Gasteiger partial charge in [-0.25, -0.2) is 0 Å². The van der Waals surface area contributed by atoms with Crippen LogP contribution in [0.5, 0.6) is 0 Å². The van der Waals surface area contributed by atoms with Crippen molar-refractivity contribution < 1.29 is 4.79 Å². The Bertz CT molecular complexity index is 280. The van der Waals surface area contributed by atoms with E-state index < -0.39 is 0 Å². The van der Waals surface area contributed by atoms with Gasteiger partial charge in [0.15, 0.2) is 10.9 Å². The van der Waals surface area contributed by atoms with E-state index in [2.05, 4.69) is 10.2 Å². The van der Waals surface area contributed by atoms with E-state index in [-0.39, 0.29) is 10.9 Å². The molecule has 0 unspecified atom stereocenters. The Morgan fingerprint density at radius 3 is 2.73 bits per heavy atom. The van der Waals surface area contributed by atoms with Crippen LogP contribution in [0.4, 0.5) is 0 Å². The summed E-state index contributed by atoms with van der Waals surface area (Å²) >= 11 is 5.66. The van der Waals surface area contributed by atoms with Crippen molar-refractivity contribution in [1.29, 1.82) is 0 Å². The van der Waals surface area contributed by atoms with Gasteiger partial charge in [-0.15, -0.1) is 0 Å². The fraction of sp³-hybridized carbons (Fsp3) is 0.429. The molecule has 0 saturated carbocycles. The van der Waals surface area contributed by atoms with Gasteiger partial charge in [-0.05, 0) is 13.3 Å². The number of ketones is 1. The first-order chi connectivity index (χ1) is 5.16. The fourth-order valence-electron chi connectivity index (χ4n) is 0.966. The number of aromatic amines is 1. The summed E-state index contributed by atoms with van der Waals surface area (Å²) in [6.07, 6.45) is 0.745. The number of Topliss-reactive ketones (excluding diaryl/α,β-unsaturated/α-hetero) is 1. The maximum Gasteiger partial charge on any atom is 0.164 e. The molecular weight excluding hydrogens is 164 g/mol. The lowest BCUT2D eigenvalue weighted by molar-refractivity contribution is 0.101. The second kappa shape index (κ2) is 3.05. The number of aryl methyl sites for hydroxylation is 1. The predicted octanol–water partition coefficient (Wildman–Crippen LogP) is 1.83. The van der Waals surface area contributed by atoms with E-state index in [1.54, 1.807) is 0 Å². The van der Waals surface area contributed by atoms with Gasteiger partial charge in [0, 0.05) is 5.69 Å². The lowest BCUT2D eigenvalue weighted by Gasteiger charge is -1.93. The Labute approximate surface area is 69.8 Å². The number of aromatic nitrogens is 2. The van der Waals surface area contributed by atoms with Crippen LogP contribution in [0.2, 0.25) is 5.15 Å². The molecule has 0 fully saturated rings. The molecule has 1 rings (SSSR count). The van der Waals surface area contributed by atoms with Gasteiger partial charge in [0.1, 0.15) is 0 Å². The molecule has 3 nitrogen and oxygen atoms in total. The van der Waals surface area contributed by atoms with Crippen LogP contribution in [-0.4, -0.2) is 16.0 Å². The van der Waals surface area contributed by atoms with Crippen molar-refractivity contribution >= 4 is 17.4 Å². The third-order valence-corrected chi connectivity index (χ3v) is 1.78. The number of hydrogen-bond acceptors (Lipinski definition) is 2. The number of hydrogen-bond donors (Lipinski definition) is 1. The summed E-state index contributed by atoms with van der Waals surface area (Å²) < 4.78 is 0. The SMILES string of the molecule is CCc1[nH]nc(Cl)c1C(C)=O. The van der Waals surface area contributed by atoms with Gasteiger partial charge >= 0.3 is 0 Å². The zero-order chi connectivity index (χ0) is 8.43. The Morgan fingerprint density at radius 2 is 2.36 bits per heavy atom. The average molecular weight is 173 g/mol. The number of nitrogens with zero attached hydrogens (tertiary/aromatic N) is 1. The van der Waals surface area contributed by atoms with Crippen molar-refractivity contribution in [2.45, 2.75) is 20.3 Å². The lowest BCUT2D eigenvalue weighted by atomic mass is 10.1. The van der Waals surface area contributed by atoms with Crippen LogP contribution in [0.3, 0.4) is 0 Å². The molecule has 1 heterocycles. The zero-order valence-electron chi connectivity index (χ0n) is 6.44. The molecule has 0 bridgehead atoms. The number of carbonyl (C=O) groups is 1. The minimum Gasteiger partial charge on any atom is -0.294 e. The molecule has 1 N–H and O–H groups in total. The second-order valence-corrected chi connectivity index (χ2v) is 2.64. The normalized spacial score (nSPS) is 10.1. The van der Waals surface area contributed by atoms with Crippen LogP contribution < -0.4 is 0 Å². The largest absolute Gasteiger partial charge is 0.294 e. The summed E-state index contributed by atoms with van der Waals surface area (Å²) in [4.78, 5) is 11.0. The molecule has 0 aliphatic rings. The van der Waals surface area contributed by atoms with Crippen LogP contribution in [-0.2, 0) is 6.42 Å². The Kier molecular flexibility index (Phi) is 2.29. The van der Waals surface area contributed by atoms with E-state index in [1.165, 1.54) is 6.92 Å². The van der Waals surface area contributed by atoms with Crippen molar-refractivity contribution in [3.05, 3.63) is 16.4 Å². The van der Waals surface area contributed by atoms with Crippen molar-refractivity contribution in [1.82, 2.24) is 10.2 Å². The monoisotopic (exact) mass is 172 g/mol. The van der Waals surface area contributed by atoms with Gasteiger partial charge in [-0.2, -0.15) is 5.10 Å². The predicted molar refractivity (Wildman–Crippen MR) is 43.0 cm³/mol. The third kappa shape index (κ3) is 1.43. The highest BCUT2D eigenvalue weighted by atomic mass is 35.5. The quantitative estimate of drug-likeness (QED) is 0.692. The first-order valence-corrected chi connectivity index (χ1v) is 3.78. The highest BCUT2D eigenvalue weighted by Crippen LogP contribution is 2.17. The second-order valence-electron chi connectivity index (χ2n) is 2.28. The molecule has 0 amide bonds. The van der Waals surface area contributed by atoms with Gasteiger partial charge in [-0.1, -0.05) is 18.5 Å². The molecule has 0 aliphatic heterocycles. The van der Waals surface area contributed by atoms with Crippen molar-refractivity contribution in [3.63, 3.8) is 0 Å². The molecule has 0 atom stereocenters. The summed E-state index contributed by atoms with van der Waals surface area (Å²) in [6.45, 7) is 3.42.